The van der Waals surface area contributed by atoms with E-state index in [-0.39, 0.29) is 17.9 Å². The van der Waals surface area contributed by atoms with E-state index < -0.39 is 28.3 Å². The van der Waals surface area contributed by atoms with Gasteiger partial charge < -0.3 is 9.30 Å². The minimum atomic E-state index is -1.52. The van der Waals surface area contributed by atoms with Crippen molar-refractivity contribution < 1.29 is 18.7 Å². The lowest BCUT2D eigenvalue weighted by Gasteiger charge is -2.44. The highest BCUT2D eigenvalue weighted by molar-refractivity contribution is 6.10. The summed E-state index contributed by atoms with van der Waals surface area (Å²) in [4.78, 5) is 46.4. The molecule has 0 radical (unpaired) electrons. The molecule has 0 N–H and O–H groups in total. The molecule has 37 heavy (non-hydrogen) atoms. The van der Waals surface area contributed by atoms with Gasteiger partial charge >= 0.3 is 5.97 Å². The molecule has 2 aliphatic rings. The molecule has 0 spiro atoms. The van der Waals surface area contributed by atoms with Crippen molar-refractivity contribution in [2.45, 2.75) is 77.3 Å². The summed E-state index contributed by atoms with van der Waals surface area (Å²) in [6.07, 6.45) is 10.5. The lowest BCUT2D eigenvalue weighted by Crippen LogP contribution is -2.57. The highest BCUT2D eigenvalue weighted by Gasteiger charge is 2.61. The molecule has 2 aromatic rings. The molecule has 7 heteroatoms. The van der Waals surface area contributed by atoms with Crippen LogP contribution < -0.4 is 5.56 Å². The Labute approximate surface area is 217 Å². The number of ketones is 1. The van der Waals surface area contributed by atoms with Gasteiger partial charge in [0.1, 0.15) is 11.2 Å². The second-order valence-corrected chi connectivity index (χ2v) is 10.0. The predicted molar refractivity (Wildman–Crippen MR) is 142 cm³/mol. The van der Waals surface area contributed by atoms with E-state index in [0.29, 0.717) is 25.7 Å². The van der Waals surface area contributed by atoms with E-state index in [1.165, 1.54) is 19.2 Å². The molecular formula is C30H35FN2O4. The number of Topliss-reactive ketones (excluding diaryl/α,β-unsaturated/α-hetero) is 1. The average Bonchev–Trinajstić information content (AvgIpc) is 3.43. The number of halogens is 1. The number of aryl methyl sites for hydroxylation is 1. The van der Waals surface area contributed by atoms with Crippen LogP contribution in [0.25, 0.3) is 0 Å². The van der Waals surface area contributed by atoms with Gasteiger partial charge in [-0.25, -0.2) is 4.39 Å². The number of allylic oxidation sites excluding steroid dienone is 1. The van der Waals surface area contributed by atoms with Crippen LogP contribution in [0.1, 0.15) is 79.6 Å². The highest BCUT2D eigenvalue weighted by atomic mass is 19.1. The van der Waals surface area contributed by atoms with Crippen molar-refractivity contribution in [2.24, 2.45) is 10.4 Å². The van der Waals surface area contributed by atoms with Gasteiger partial charge in [-0.3, -0.25) is 19.4 Å². The molecule has 0 amide bonds. The van der Waals surface area contributed by atoms with E-state index in [0.717, 1.165) is 42.5 Å². The molecule has 0 saturated heterocycles. The zero-order chi connectivity index (χ0) is 26.6. The molecule has 1 fully saturated rings. The van der Waals surface area contributed by atoms with E-state index >= 15 is 0 Å². The first-order chi connectivity index (χ1) is 17.8. The Balaban J connectivity index is 1.91. The Morgan fingerprint density at radius 3 is 2.38 bits per heavy atom. The SMILES string of the molecule is CCCc1c(CC)cc(C(=O)C2(C3(C(=O)OC)CCCCC3)C=CC=N2)c(=O)n1Cc1ccc(F)cc1. The standard InChI is InChI=1S/C30H35FN2O4/c1-4-10-25-22(5-2)19-24(27(35)33(25)20-21-11-13-23(31)14-12-21)26(34)30(17-9-18-32-30)29(28(36)37-3)15-7-6-8-16-29/h9,11-14,17-19H,4-8,10,15-16,20H2,1-3H3. The number of nitrogens with zero attached hydrogens (tertiary/aromatic N) is 2. The fourth-order valence-corrected chi connectivity index (χ4v) is 6.02. The van der Waals surface area contributed by atoms with Gasteiger partial charge in [-0.1, -0.05) is 51.7 Å². The maximum absolute atomic E-state index is 14.5. The van der Waals surface area contributed by atoms with Crippen LogP contribution in [-0.4, -0.2) is 35.2 Å². The lowest BCUT2D eigenvalue weighted by molar-refractivity contribution is -0.157. The Morgan fingerprint density at radius 2 is 1.81 bits per heavy atom. The number of ether oxygens (including phenoxy) is 1. The Bertz CT molecular complexity index is 1270. The van der Waals surface area contributed by atoms with Crippen molar-refractivity contribution >= 4 is 18.0 Å². The Kier molecular flexibility index (Phi) is 7.90. The maximum atomic E-state index is 14.5. The number of methoxy groups -OCH3 is 1. The number of carbonyl (C=O) groups is 2. The van der Waals surface area contributed by atoms with Crippen molar-refractivity contribution in [3.8, 4) is 0 Å². The van der Waals surface area contributed by atoms with Crippen molar-refractivity contribution in [3.63, 3.8) is 0 Å². The third-order valence-electron chi connectivity index (χ3n) is 7.92. The minimum Gasteiger partial charge on any atom is -0.469 e. The molecule has 1 aliphatic heterocycles. The molecular weight excluding hydrogens is 471 g/mol. The van der Waals surface area contributed by atoms with Crippen LogP contribution in [0.5, 0.6) is 0 Å². The van der Waals surface area contributed by atoms with Crippen LogP contribution in [0.4, 0.5) is 4.39 Å². The molecule has 196 valence electrons. The first-order valence-electron chi connectivity index (χ1n) is 13.2. The number of aromatic nitrogens is 1. The zero-order valence-corrected chi connectivity index (χ0v) is 21.9. The number of carbonyl (C=O) groups excluding carboxylic acids is 2. The van der Waals surface area contributed by atoms with E-state index in [4.69, 9.17) is 4.74 Å². The highest BCUT2D eigenvalue weighted by Crippen LogP contribution is 2.51. The summed E-state index contributed by atoms with van der Waals surface area (Å²) in [7, 11) is 1.34. The average molecular weight is 507 g/mol. The van der Waals surface area contributed by atoms with Gasteiger partial charge in [-0.2, -0.15) is 0 Å². The summed E-state index contributed by atoms with van der Waals surface area (Å²) in [5.74, 6) is -1.29. The number of hydrogen-bond donors (Lipinski definition) is 0. The first kappa shape index (κ1) is 26.7. The fourth-order valence-electron chi connectivity index (χ4n) is 6.02. The number of esters is 1. The van der Waals surface area contributed by atoms with Gasteiger partial charge in [0.25, 0.3) is 5.56 Å². The number of rotatable bonds is 9. The number of aliphatic imine (C=N–C) groups is 1. The molecule has 1 aliphatic carbocycles. The smallest absolute Gasteiger partial charge is 0.315 e. The van der Waals surface area contributed by atoms with Crippen LogP contribution in [0.3, 0.4) is 0 Å². The molecule has 2 heterocycles. The largest absolute Gasteiger partial charge is 0.469 e. The Hall–Kier alpha value is -3.35. The molecule has 1 unspecified atom stereocenters. The molecule has 1 aromatic carbocycles. The topological polar surface area (TPSA) is 77.7 Å². The van der Waals surface area contributed by atoms with Crippen LogP contribution in [0.2, 0.25) is 0 Å². The van der Waals surface area contributed by atoms with Crippen molar-refractivity contribution in [3.05, 3.63) is 81.0 Å². The van der Waals surface area contributed by atoms with Crippen LogP contribution in [-0.2, 0) is 28.9 Å². The molecule has 4 rings (SSSR count). The summed E-state index contributed by atoms with van der Waals surface area (Å²) >= 11 is 0. The molecule has 1 aromatic heterocycles. The molecule has 1 saturated carbocycles. The van der Waals surface area contributed by atoms with Crippen molar-refractivity contribution in [1.82, 2.24) is 4.57 Å². The van der Waals surface area contributed by atoms with Crippen LogP contribution in [0.15, 0.2) is 52.3 Å². The third-order valence-corrected chi connectivity index (χ3v) is 7.92. The van der Waals surface area contributed by atoms with E-state index in [1.807, 2.05) is 13.8 Å². The van der Waals surface area contributed by atoms with Gasteiger partial charge in [0, 0.05) is 11.9 Å². The molecule has 6 nitrogen and oxygen atoms in total. The minimum absolute atomic E-state index is 0.0244. The summed E-state index contributed by atoms with van der Waals surface area (Å²) < 4.78 is 20.4. The van der Waals surface area contributed by atoms with Crippen molar-refractivity contribution in [2.75, 3.05) is 7.11 Å². The van der Waals surface area contributed by atoms with Gasteiger partial charge in [0.2, 0.25) is 5.78 Å². The van der Waals surface area contributed by atoms with Crippen LogP contribution in [0, 0.1) is 11.2 Å². The summed E-state index contributed by atoms with van der Waals surface area (Å²) in [5.41, 5.74) is -0.538. The maximum Gasteiger partial charge on any atom is 0.315 e. The zero-order valence-electron chi connectivity index (χ0n) is 21.9. The van der Waals surface area contributed by atoms with Crippen LogP contribution >= 0.6 is 0 Å². The van der Waals surface area contributed by atoms with Gasteiger partial charge in [0.15, 0.2) is 5.54 Å². The lowest BCUT2D eigenvalue weighted by atomic mass is 9.59. The Morgan fingerprint density at radius 1 is 1.11 bits per heavy atom. The summed E-state index contributed by atoms with van der Waals surface area (Å²) in [6.45, 7) is 4.26. The van der Waals surface area contributed by atoms with Gasteiger partial charge in [-0.05, 0) is 67.2 Å². The predicted octanol–water partition coefficient (Wildman–Crippen LogP) is 5.24. The quantitative estimate of drug-likeness (QED) is 0.344. The fraction of sp³-hybridized carbons (Fsp3) is 0.467. The third kappa shape index (κ3) is 4.60. The van der Waals surface area contributed by atoms with E-state index in [2.05, 4.69) is 4.99 Å². The van der Waals surface area contributed by atoms with E-state index in [1.54, 1.807) is 41.1 Å². The monoisotopic (exact) mass is 506 g/mol. The number of pyridine rings is 1. The number of benzene rings is 1. The molecule has 1 atom stereocenters. The van der Waals surface area contributed by atoms with Crippen molar-refractivity contribution in [1.29, 1.82) is 0 Å². The van der Waals surface area contributed by atoms with Gasteiger partial charge in [0.05, 0.1) is 19.2 Å². The van der Waals surface area contributed by atoms with E-state index in [9.17, 15) is 18.8 Å². The number of hydrogen-bond acceptors (Lipinski definition) is 5. The first-order valence-corrected chi connectivity index (χ1v) is 13.2. The summed E-state index contributed by atoms with van der Waals surface area (Å²) in [5, 5.41) is 0. The normalized spacial score (nSPS) is 20.2. The molecule has 0 bridgehead atoms. The van der Waals surface area contributed by atoms with Gasteiger partial charge in [-0.15, -0.1) is 0 Å². The second kappa shape index (κ2) is 11.0. The second-order valence-electron chi connectivity index (χ2n) is 10.0. The summed E-state index contributed by atoms with van der Waals surface area (Å²) in [6, 6.07) is 7.74.